The number of fused-ring (bicyclic) bond motifs is 1. The van der Waals surface area contributed by atoms with Gasteiger partial charge in [0.2, 0.25) is 6.79 Å². The highest BCUT2D eigenvalue weighted by Crippen LogP contribution is 2.51. The highest BCUT2D eigenvalue weighted by molar-refractivity contribution is 5.95. The second-order valence-corrected chi connectivity index (χ2v) is 8.36. The van der Waals surface area contributed by atoms with Gasteiger partial charge in [0.25, 0.3) is 0 Å². The maximum absolute atomic E-state index is 13.9. The molecule has 0 atom stereocenters. The van der Waals surface area contributed by atoms with Crippen molar-refractivity contribution in [3.8, 4) is 28.4 Å². The molecule has 0 radical (unpaired) electrons. The van der Waals surface area contributed by atoms with Crippen molar-refractivity contribution in [3.05, 3.63) is 77.4 Å². The lowest BCUT2D eigenvalue weighted by Gasteiger charge is -2.18. The molecule has 1 fully saturated rings. The molecular weight excluding hydrogens is 433 g/mol. The van der Waals surface area contributed by atoms with Gasteiger partial charge in [-0.05, 0) is 65.4 Å². The first-order chi connectivity index (χ1) is 15.8. The van der Waals surface area contributed by atoms with Crippen LogP contribution < -0.4 is 14.2 Å². The van der Waals surface area contributed by atoms with Crippen LogP contribution in [0.5, 0.6) is 17.2 Å². The number of carbonyl (C=O) groups is 1. The summed E-state index contributed by atoms with van der Waals surface area (Å²) in [5.74, 6) is 1.69. The summed E-state index contributed by atoms with van der Waals surface area (Å²) >= 11 is 0. The minimum absolute atomic E-state index is 0.0678. The van der Waals surface area contributed by atoms with E-state index in [9.17, 15) is 18.0 Å². The van der Waals surface area contributed by atoms with Gasteiger partial charge >= 0.3 is 6.18 Å². The third kappa shape index (κ3) is 3.92. The van der Waals surface area contributed by atoms with E-state index in [-0.39, 0.29) is 24.6 Å². The van der Waals surface area contributed by atoms with Crippen molar-refractivity contribution in [3.63, 3.8) is 0 Å². The lowest BCUT2D eigenvalue weighted by molar-refractivity contribution is -0.137. The molecule has 1 aliphatic heterocycles. The zero-order valence-corrected chi connectivity index (χ0v) is 17.9. The van der Waals surface area contributed by atoms with Gasteiger partial charge < -0.3 is 14.2 Å². The van der Waals surface area contributed by atoms with Crippen LogP contribution in [0.25, 0.3) is 11.1 Å². The summed E-state index contributed by atoms with van der Waals surface area (Å²) in [6, 6.07) is 16.0. The molecule has 0 unspecified atom stereocenters. The van der Waals surface area contributed by atoms with Crippen molar-refractivity contribution in [1.82, 2.24) is 0 Å². The maximum Gasteiger partial charge on any atom is 0.417 e. The smallest absolute Gasteiger partial charge is 0.417 e. The molecule has 3 aromatic rings. The fourth-order valence-corrected chi connectivity index (χ4v) is 4.36. The Morgan fingerprint density at radius 1 is 0.970 bits per heavy atom. The predicted molar refractivity (Wildman–Crippen MR) is 116 cm³/mol. The average molecular weight is 454 g/mol. The lowest BCUT2D eigenvalue weighted by atomic mass is 9.87. The van der Waals surface area contributed by atoms with Crippen LogP contribution in [0.3, 0.4) is 0 Å². The zero-order chi connectivity index (χ0) is 23.2. The monoisotopic (exact) mass is 454 g/mol. The average Bonchev–Trinajstić information content (AvgIpc) is 3.49. The molecule has 5 rings (SSSR count). The molecule has 1 saturated carbocycles. The van der Waals surface area contributed by atoms with Crippen LogP contribution >= 0.6 is 0 Å². The van der Waals surface area contributed by atoms with E-state index < -0.39 is 17.2 Å². The van der Waals surface area contributed by atoms with Crippen molar-refractivity contribution in [1.29, 1.82) is 0 Å². The number of hydrogen-bond acceptors (Lipinski definition) is 4. The number of rotatable bonds is 6. The van der Waals surface area contributed by atoms with Crippen LogP contribution in [-0.2, 0) is 22.8 Å². The van der Waals surface area contributed by atoms with E-state index in [1.807, 2.05) is 6.07 Å². The number of ether oxygens (including phenoxy) is 3. The maximum atomic E-state index is 13.9. The van der Waals surface area contributed by atoms with Gasteiger partial charge in [-0.3, -0.25) is 4.79 Å². The van der Waals surface area contributed by atoms with Crippen LogP contribution in [0.2, 0.25) is 0 Å². The Labute approximate surface area is 188 Å². The minimum atomic E-state index is -4.55. The zero-order valence-electron chi connectivity index (χ0n) is 17.9. The second-order valence-electron chi connectivity index (χ2n) is 8.36. The highest BCUT2D eigenvalue weighted by atomic mass is 19.4. The number of Topliss-reactive ketones (excluding diaryl/α,β-unsaturated/α-hetero) is 1. The van der Waals surface area contributed by atoms with Crippen LogP contribution in [0, 0.1) is 0 Å². The van der Waals surface area contributed by atoms with Gasteiger partial charge in [0.05, 0.1) is 18.1 Å². The molecule has 4 nitrogen and oxygen atoms in total. The fourth-order valence-electron chi connectivity index (χ4n) is 4.36. The van der Waals surface area contributed by atoms with E-state index in [1.54, 1.807) is 42.5 Å². The SMILES string of the molecule is COc1ccc(-c2ccc(CC(=O)C3(c4ccc5c(c4)OCO5)CC3)cc2C(F)(F)F)cc1. The summed E-state index contributed by atoms with van der Waals surface area (Å²) in [6.07, 6.45) is -3.29. The van der Waals surface area contributed by atoms with Gasteiger partial charge in [0, 0.05) is 6.42 Å². The topological polar surface area (TPSA) is 44.8 Å². The molecule has 0 N–H and O–H groups in total. The molecule has 0 aromatic heterocycles. The number of carbonyl (C=O) groups excluding carboxylic acids is 1. The Morgan fingerprint density at radius 3 is 2.36 bits per heavy atom. The largest absolute Gasteiger partial charge is 0.497 e. The summed E-state index contributed by atoms with van der Waals surface area (Å²) in [5.41, 5.74) is 0.233. The number of halogens is 3. The quantitative estimate of drug-likeness (QED) is 0.462. The van der Waals surface area contributed by atoms with Crippen LogP contribution in [0.15, 0.2) is 60.7 Å². The molecule has 0 amide bonds. The predicted octanol–water partition coefficient (Wildman–Crippen LogP) is 5.95. The standard InChI is InChI=1S/C26H21F3O4/c1-31-19-6-3-17(4-7-19)20-8-2-16(12-21(20)26(27,28)29)13-24(30)25(10-11-25)18-5-9-22-23(14-18)33-15-32-22/h2-9,12,14H,10-11,13,15H2,1H3. The third-order valence-corrected chi connectivity index (χ3v) is 6.36. The van der Waals surface area contributed by atoms with E-state index in [4.69, 9.17) is 14.2 Å². The molecule has 1 aliphatic carbocycles. The van der Waals surface area contributed by atoms with Gasteiger partial charge in [-0.2, -0.15) is 13.2 Å². The lowest BCUT2D eigenvalue weighted by Crippen LogP contribution is -2.22. The Morgan fingerprint density at radius 2 is 1.70 bits per heavy atom. The molecule has 2 aliphatic rings. The molecule has 3 aromatic carbocycles. The van der Waals surface area contributed by atoms with Crippen molar-refractivity contribution < 1.29 is 32.2 Å². The Balaban J connectivity index is 1.43. The second kappa shape index (κ2) is 7.83. The number of methoxy groups -OCH3 is 1. The van der Waals surface area contributed by atoms with E-state index >= 15 is 0 Å². The molecule has 1 heterocycles. The van der Waals surface area contributed by atoms with Crippen molar-refractivity contribution in [2.45, 2.75) is 30.9 Å². The Hall–Kier alpha value is -3.48. The summed E-state index contributed by atoms with van der Waals surface area (Å²) < 4.78 is 57.5. The van der Waals surface area contributed by atoms with E-state index in [2.05, 4.69) is 0 Å². The molecule has 0 spiro atoms. The van der Waals surface area contributed by atoms with E-state index in [0.717, 1.165) is 11.6 Å². The summed E-state index contributed by atoms with van der Waals surface area (Å²) in [7, 11) is 1.50. The number of ketones is 1. The highest BCUT2D eigenvalue weighted by Gasteiger charge is 2.51. The van der Waals surface area contributed by atoms with Gasteiger partial charge in [-0.15, -0.1) is 0 Å². The van der Waals surface area contributed by atoms with Gasteiger partial charge in [-0.1, -0.05) is 30.3 Å². The van der Waals surface area contributed by atoms with Crippen molar-refractivity contribution >= 4 is 5.78 Å². The van der Waals surface area contributed by atoms with E-state index in [0.29, 0.717) is 41.2 Å². The molecule has 0 saturated heterocycles. The Bertz CT molecular complexity index is 1210. The molecule has 170 valence electrons. The van der Waals surface area contributed by atoms with Gasteiger partial charge in [-0.25, -0.2) is 0 Å². The van der Waals surface area contributed by atoms with Crippen LogP contribution in [-0.4, -0.2) is 19.7 Å². The van der Waals surface area contributed by atoms with Crippen LogP contribution in [0.4, 0.5) is 13.2 Å². The number of hydrogen-bond donors (Lipinski definition) is 0. The number of benzene rings is 3. The summed E-state index contributed by atoms with van der Waals surface area (Å²) in [5, 5.41) is 0. The molecular formula is C26H21F3O4. The molecule has 33 heavy (non-hydrogen) atoms. The third-order valence-electron chi connectivity index (χ3n) is 6.36. The van der Waals surface area contributed by atoms with Crippen LogP contribution in [0.1, 0.15) is 29.5 Å². The number of alkyl halides is 3. The van der Waals surface area contributed by atoms with Crippen molar-refractivity contribution in [2.75, 3.05) is 13.9 Å². The summed E-state index contributed by atoms with van der Waals surface area (Å²) in [6.45, 7) is 0.139. The van der Waals surface area contributed by atoms with Gasteiger partial charge in [0.1, 0.15) is 11.5 Å². The first kappa shape index (κ1) is 21.4. The van der Waals surface area contributed by atoms with E-state index in [1.165, 1.54) is 13.2 Å². The summed E-state index contributed by atoms with van der Waals surface area (Å²) in [4.78, 5) is 13.2. The van der Waals surface area contributed by atoms with Crippen molar-refractivity contribution in [2.24, 2.45) is 0 Å². The van der Waals surface area contributed by atoms with Gasteiger partial charge in [0.15, 0.2) is 11.5 Å². The fraction of sp³-hybridized carbons (Fsp3) is 0.269. The normalized spacial score (nSPS) is 15.9. The first-order valence-electron chi connectivity index (χ1n) is 10.6. The first-order valence-corrected chi connectivity index (χ1v) is 10.6. The molecule has 7 heteroatoms. The minimum Gasteiger partial charge on any atom is -0.497 e. The molecule has 0 bridgehead atoms. The Kier molecular flexibility index (Phi) is 5.07.